The van der Waals surface area contributed by atoms with Crippen LogP contribution in [0.5, 0.6) is 0 Å². The molecular weight excluding hydrogens is 322 g/mol. The van der Waals surface area contributed by atoms with Crippen molar-refractivity contribution < 1.29 is 15.0 Å². The third kappa shape index (κ3) is 4.62. The zero-order chi connectivity index (χ0) is 17.6. The van der Waals surface area contributed by atoms with Gasteiger partial charge in [-0.2, -0.15) is 5.10 Å². The number of rotatable bonds is 6. The topological polar surface area (TPSA) is 104 Å². The Kier molecular flexibility index (Phi) is 5.75. The van der Waals surface area contributed by atoms with Gasteiger partial charge in [0.15, 0.2) is 0 Å². The van der Waals surface area contributed by atoms with Gasteiger partial charge in [-0.15, -0.1) is 0 Å². The van der Waals surface area contributed by atoms with Gasteiger partial charge in [-0.05, 0) is 24.6 Å². The Balaban J connectivity index is 1.56. The molecule has 0 spiro atoms. The van der Waals surface area contributed by atoms with Gasteiger partial charge < -0.3 is 15.5 Å². The summed E-state index contributed by atoms with van der Waals surface area (Å²) in [6, 6.07) is 7.40. The van der Waals surface area contributed by atoms with Crippen LogP contribution in [0.25, 0.3) is 0 Å². The van der Waals surface area contributed by atoms with E-state index >= 15 is 0 Å². The lowest BCUT2D eigenvalue weighted by Gasteiger charge is -2.18. The van der Waals surface area contributed by atoms with Crippen molar-refractivity contribution >= 4 is 5.91 Å². The minimum absolute atomic E-state index is 0.0470. The summed E-state index contributed by atoms with van der Waals surface area (Å²) in [6.07, 6.45) is 1.61. The third-order valence-corrected chi connectivity index (χ3v) is 4.19. The van der Waals surface area contributed by atoms with Gasteiger partial charge in [0, 0.05) is 25.8 Å². The molecule has 0 bridgehead atoms. The van der Waals surface area contributed by atoms with Crippen LogP contribution >= 0.6 is 0 Å². The molecule has 1 atom stereocenters. The molecule has 1 aliphatic rings. The van der Waals surface area contributed by atoms with E-state index in [1.165, 1.54) is 0 Å². The Morgan fingerprint density at radius 3 is 3.00 bits per heavy atom. The Morgan fingerprint density at radius 1 is 1.36 bits per heavy atom. The Bertz CT molecular complexity index is 704. The third-order valence-electron chi connectivity index (χ3n) is 4.19. The number of carbonyl (C=O) groups excluding carboxylic acids is 1. The molecule has 25 heavy (non-hydrogen) atoms. The van der Waals surface area contributed by atoms with Crippen molar-refractivity contribution in [1.29, 1.82) is 0 Å². The van der Waals surface area contributed by atoms with Crippen molar-refractivity contribution in [2.45, 2.75) is 32.2 Å². The molecule has 0 aromatic carbocycles. The largest absolute Gasteiger partial charge is 0.393 e. The van der Waals surface area contributed by atoms with Crippen LogP contribution in [0.15, 0.2) is 30.5 Å². The fourth-order valence-electron chi connectivity index (χ4n) is 2.89. The summed E-state index contributed by atoms with van der Waals surface area (Å²) < 4.78 is 1.85. The quantitative estimate of drug-likeness (QED) is 0.671. The maximum atomic E-state index is 12.2. The van der Waals surface area contributed by atoms with Crippen molar-refractivity contribution in [2.75, 3.05) is 19.7 Å². The normalized spacial score (nSPS) is 16.1. The van der Waals surface area contributed by atoms with Crippen LogP contribution in [-0.4, -0.2) is 55.5 Å². The van der Waals surface area contributed by atoms with Crippen molar-refractivity contribution in [3.63, 3.8) is 0 Å². The van der Waals surface area contributed by atoms with E-state index in [1.807, 2.05) is 22.9 Å². The summed E-state index contributed by atoms with van der Waals surface area (Å²) in [5, 5.41) is 26.0. The monoisotopic (exact) mass is 345 g/mol. The van der Waals surface area contributed by atoms with Crippen LogP contribution in [-0.2, 0) is 24.4 Å². The minimum Gasteiger partial charge on any atom is -0.393 e. The second kappa shape index (κ2) is 8.19. The van der Waals surface area contributed by atoms with E-state index in [1.54, 1.807) is 12.3 Å². The second-order valence-corrected chi connectivity index (χ2v) is 6.14. The first kappa shape index (κ1) is 17.5. The molecule has 134 valence electrons. The average molecular weight is 345 g/mol. The standard InChI is InChI=1S/C17H23N5O3/c23-12-16(24)15-8-14-10-21(6-3-7-22(14)20-15)11-17(25)19-9-13-4-1-2-5-18-13/h1-2,4-5,8,16,23-24H,3,6-7,9-12H2,(H,19,25). The molecular formula is C17H23N5O3. The molecule has 0 radical (unpaired) electrons. The molecule has 0 saturated carbocycles. The van der Waals surface area contributed by atoms with E-state index in [0.717, 1.165) is 30.9 Å². The summed E-state index contributed by atoms with van der Waals surface area (Å²) in [7, 11) is 0. The van der Waals surface area contributed by atoms with E-state index in [-0.39, 0.29) is 12.5 Å². The van der Waals surface area contributed by atoms with Gasteiger partial charge in [-0.3, -0.25) is 19.4 Å². The predicted octanol–water partition coefficient (Wildman–Crippen LogP) is -0.174. The van der Waals surface area contributed by atoms with Crippen LogP contribution in [0.3, 0.4) is 0 Å². The number of hydrogen-bond acceptors (Lipinski definition) is 6. The first-order valence-corrected chi connectivity index (χ1v) is 8.40. The summed E-state index contributed by atoms with van der Waals surface area (Å²) in [5.41, 5.74) is 2.24. The smallest absolute Gasteiger partial charge is 0.234 e. The summed E-state index contributed by atoms with van der Waals surface area (Å²) in [6.45, 7) is 2.49. The van der Waals surface area contributed by atoms with Gasteiger partial charge in [0.1, 0.15) is 6.10 Å². The molecule has 0 fully saturated rings. The highest BCUT2D eigenvalue weighted by molar-refractivity contribution is 5.77. The molecule has 1 aliphatic heterocycles. The number of aliphatic hydroxyl groups is 2. The first-order chi connectivity index (χ1) is 12.2. The van der Waals surface area contributed by atoms with Gasteiger partial charge in [0.2, 0.25) is 5.91 Å². The number of nitrogens with one attached hydrogen (secondary N) is 1. The number of amides is 1. The molecule has 2 aromatic heterocycles. The van der Waals surface area contributed by atoms with E-state index < -0.39 is 6.10 Å². The first-order valence-electron chi connectivity index (χ1n) is 8.40. The second-order valence-electron chi connectivity index (χ2n) is 6.14. The van der Waals surface area contributed by atoms with Crippen LogP contribution in [0.4, 0.5) is 0 Å². The van der Waals surface area contributed by atoms with E-state index in [0.29, 0.717) is 25.3 Å². The zero-order valence-electron chi connectivity index (χ0n) is 14.0. The number of aromatic nitrogens is 3. The lowest BCUT2D eigenvalue weighted by atomic mass is 10.2. The molecule has 0 saturated heterocycles. The summed E-state index contributed by atoms with van der Waals surface area (Å²) in [4.78, 5) is 18.4. The number of aliphatic hydroxyl groups excluding tert-OH is 2. The predicted molar refractivity (Wildman–Crippen MR) is 90.3 cm³/mol. The number of fused-ring (bicyclic) bond motifs is 1. The summed E-state index contributed by atoms with van der Waals surface area (Å²) >= 11 is 0. The van der Waals surface area contributed by atoms with Gasteiger partial charge in [0.05, 0.1) is 36.8 Å². The SMILES string of the molecule is O=C(CN1CCCn2nc(C(O)CO)cc2C1)NCc1ccccn1. The molecule has 3 heterocycles. The number of pyridine rings is 1. The number of nitrogens with zero attached hydrogens (tertiary/aromatic N) is 4. The summed E-state index contributed by atoms with van der Waals surface area (Å²) in [5.74, 6) is -0.0470. The fourth-order valence-corrected chi connectivity index (χ4v) is 2.89. The Labute approximate surface area is 146 Å². The van der Waals surface area contributed by atoms with Crippen molar-refractivity contribution in [1.82, 2.24) is 25.0 Å². The molecule has 0 aliphatic carbocycles. The van der Waals surface area contributed by atoms with Gasteiger partial charge in [-0.1, -0.05) is 6.07 Å². The lowest BCUT2D eigenvalue weighted by Crippen LogP contribution is -2.36. The molecule has 3 rings (SSSR count). The lowest BCUT2D eigenvalue weighted by molar-refractivity contribution is -0.122. The van der Waals surface area contributed by atoms with Crippen LogP contribution in [0.2, 0.25) is 0 Å². The minimum atomic E-state index is -0.963. The molecule has 1 amide bonds. The van der Waals surface area contributed by atoms with Crippen LogP contribution in [0, 0.1) is 0 Å². The van der Waals surface area contributed by atoms with Gasteiger partial charge in [-0.25, -0.2) is 0 Å². The van der Waals surface area contributed by atoms with Gasteiger partial charge >= 0.3 is 0 Å². The van der Waals surface area contributed by atoms with Crippen molar-refractivity contribution in [3.8, 4) is 0 Å². The highest BCUT2D eigenvalue weighted by Gasteiger charge is 2.20. The van der Waals surface area contributed by atoms with Crippen LogP contribution in [0.1, 0.15) is 29.6 Å². The molecule has 3 N–H and O–H groups in total. The fraction of sp³-hybridized carbons (Fsp3) is 0.471. The number of carbonyl (C=O) groups is 1. The number of hydrogen-bond donors (Lipinski definition) is 3. The van der Waals surface area contributed by atoms with Crippen molar-refractivity contribution in [3.05, 3.63) is 47.5 Å². The number of aryl methyl sites for hydroxylation is 1. The van der Waals surface area contributed by atoms with E-state index in [2.05, 4.69) is 20.3 Å². The van der Waals surface area contributed by atoms with E-state index in [9.17, 15) is 9.90 Å². The Hall–Kier alpha value is -2.29. The highest BCUT2D eigenvalue weighted by atomic mass is 16.3. The van der Waals surface area contributed by atoms with E-state index in [4.69, 9.17) is 5.11 Å². The maximum absolute atomic E-state index is 12.2. The van der Waals surface area contributed by atoms with Crippen molar-refractivity contribution in [2.24, 2.45) is 0 Å². The molecule has 8 nitrogen and oxygen atoms in total. The maximum Gasteiger partial charge on any atom is 0.234 e. The Morgan fingerprint density at radius 2 is 2.24 bits per heavy atom. The average Bonchev–Trinajstić information content (AvgIpc) is 2.93. The molecule has 8 heteroatoms. The zero-order valence-corrected chi connectivity index (χ0v) is 14.0. The molecule has 2 aromatic rings. The van der Waals surface area contributed by atoms with Gasteiger partial charge in [0.25, 0.3) is 0 Å². The van der Waals surface area contributed by atoms with Crippen LogP contribution < -0.4 is 5.32 Å². The molecule has 1 unspecified atom stereocenters. The highest BCUT2D eigenvalue weighted by Crippen LogP contribution is 2.17.